The minimum Gasteiger partial charge on any atom is -0.305 e. The molecule has 2 aromatic heterocycles. The maximum atomic E-state index is 13.5. The molecule has 1 saturated heterocycles. The lowest BCUT2D eigenvalue weighted by atomic mass is 9.91. The highest BCUT2D eigenvalue weighted by Crippen LogP contribution is 2.30. The van der Waals surface area contributed by atoms with Crippen molar-refractivity contribution >= 4 is 11.9 Å². The number of anilines is 1. The third kappa shape index (κ3) is 4.35. The van der Waals surface area contributed by atoms with E-state index in [1.807, 2.05) is 30.3 Å². The molecule has 4 aromatic rings. The Balaban J connectivity index is 1.50. The van der Waals surface area contributed by atoms with Crippen LogP contribution >= 0.6 is 0 Å². The highest BCUT2D eigenvalue weighted by atomic mass is 19.1. The lowest BCUT2D eigenvalue weighted by Gasteiger charge is -2.19. The van der Waals surface area contributed by atoms with E-state index in [2.05, 4.69) is 25.6 Å². The van der Waals surface area contributed by atoms with E-state index in [1.165, 1.54) is 24.3 Å². The smallest absolute Gasteiger partial charge is 0.260 e. The van der Waals surface area contributed by atoms with Gasteiger partial charge in [-0.3, -0.25) is 24.9 Å². The van der Waals surface area contributed by atoms with Crippen molar-refractivity contribution in [3.8, 4) is 22.4 Å². The van der Waals surface area contributed by atoms with Crippen molar-refractivity contribution in [2.45, 2.75) is 18.4 Å². The number of amides is 1. The van der Waals surface area contributed by atoms with Gasteiger partial charge in [-0.2, -0.15) is 0 Å². The van der Waals surface area contributed by atoms with E-state index in [4.69, 9.17) is 0 Å². The number of halogens is 1. The topological polar surface area (TPSA) is 99.8 Å². The second-order valence-corrected chi connectivity index (χ2v) is 8.11. The molecule has 1 aliphatic rings. The number of H-pyrrole nitrogens is 1. The van der Waals surface area contributed by atoms with Crippen molar-refractivity contribution in [2.75, 3.05) is 11.9 Å². The molecular formula is C26H22FN5O2. The SMILES string of the molecule is O=C(Nc1nc(-c2ccncc2)c(-c2ccc(F)cc2)c(=O)[nH]1)[C@H]1NCCC1c1ccccc1. The molecule has 2 atom stereocenters. The number of hydrogen-bond acceptors (Lipinski definition) is 5. The number of aromatic amines is 1. The molecular weight excluding hydrogens is 433 g/mol. The van der Waals surface area contributed by atoms with Gasteiger partial charge < -0.3 is 5.32 Å². The zero-order valence-electron chi connectivity index (χ0n) is 18.2. The molecule has 3 heterocycles. The Morgan fingerprint density at radius 2 is 1.71 bits per heavy atom. The molecule has 2 aromatic carbocycles. The number of carbonyl (C=O) groups excluding carboxylic acids is 1. The van der Waals surface area contributed by atoms with Crippen LogP contribution in [0.2, 0.25) is 0 Å². The van der Waals surface area contributed by atoms with Crippen LogP contribution in [0, 0.1) is 5.82 Å². The van der Waals surface area contributed by atoms with Crippen molar-refractivity contribution < 1.29 is 9.18 Å². The summed E-state index contributed by atoms with van der Waals surface area (Å²) < 4.78 is 13.5. The number of aromatic nitrogens is 3. The summed E-state index contributed by atoms with van der Waals surface area (Å²) in [4.78, 5) is 37.6. The Kier molecular flexibility index (Phi) is 5.97. The fraction of sp³-hybridized carbons (Fsp3) is 0.154. The average Bonchev–Trinajstić information content (AvgIpc) is 3.36. The third-order valence-electron chi connectivity index (χ3n) is 5.98. The van der Waals surface area contributed by atoms with E-state index < -0.39 is 17.4 Å². The minimum atomic E-state index is -0.450. The minimum absolute atomic E-state index is 0.0195. The second-order valence-electron chi connectivity index (χ2n) is 8.11. The van der Waals surface area contributed by atoms with Gasteiger partial charge in [-0.1, -0.05) is 42.5 Å². The maximum Gasteiger partial charge on any atom is 0.260 e. The number of carbonyl (C=O) groups is 1. The van der Waals surface area contributed by atoms with Crippen LogP contribution in [0.25, 0.3) is 22.4 Å². The van der Waals surface area contributed by atoms with E-state index in [1.54, 1.807) is 24.5 Å². The summed E-state index contributed by atoms with van der Waals surface area (Å²) in [6, 6.07) is 18.5. The van der Waals surface area contributed by atoms with E-state index in [0.717, 1.165) is 12.0 Å². The first-order chi connectivity index (χ1) is 16.6. The lowest BCUT2D eigenvalue weighted by Crippen LogP contribution is -2.39. The molecule has 1 unspecified atom stereocenters. The van der Waals surface area contributed by atoms with Crippen LogP contribution < -0.4 is 16.2 Å². The summed E-state index contributed by atoms with van der Waals surface area (Å²) in [5.74, 6) is -0.608. The van der Waals surface area contributed by atoms with Gasteiger partial charge >= 0.3 is 0 Å². The molecule has 8 heteroatoms. The van der Waals surface area contributed by atoms with E-state index in [-0.39, 0.29) is 23.3 Å². The molecule has 0 radical (unpaired) electrons. The fourth-order valence-electron chi connectivity index (χ4n) is 4.37. The molecule has 7 nitrogen and oxygen atoms in total. The van der Waals surface area contributed by atoms with Crippen LogP contribution in [-0.2, 0) is 4.79 Å². The standard InChI is InChI=1S/C26H22FN5O2/c27-19-8-6-17(7-9-19)21-22(18-10-13-28-14-11-18)30-26(31-24(21)33)32-25(34)23-20(12-15-29-23)16-4-2-1-3-5-16/h1-11,13-14,20,23,29H,12,15H2,(H2,30,31,32,33,34)/t20?,23-/m0/s1. The van der Waals surface area contributed by atoms with Crippen molar-refractivity contribution in [1.29, 1.82) is 0 Å². The van der Waals surface area contributed by atoms with Crippen LogP contribution in [0.1, 0.15) is 17.9 Å². The number of rotatable bonds is 5. The first-order valence-corrected chi connectivity index (χ1v) is 11.0. The third-order valence-corrected chi connectivity index (χ3v) is 5.98. The van der Waals surface area contributed by atoms with Crippen LogP contribution in [0.15, 0.2) is 83.9 Å². The molecule has 0 bridgehead atoms. The zero-order chi connectivity index (χ0) is 23.5. The first-order valence-electron chi connectivity index (χ1n) is 11.0. The summed E-state index contributed by atoms with van der Waals surface area (Å²) in [5, 5.41) is 6.03. The van der Waals surface area contributed by atoms with Crippen LogP contribution in [-0.4, -0.2) is 33.4 Å². The summed E-state index contributed by atoms with van der Waals surface area (Å²) in [6.45, 7) is 0.716. The lowest BCUT2D eigenvalue weighted by molar-refractivity contribution is -0.118. The zero-order valence-corrected chi connectivity index (χ0v) is 18.2. The van der Waals surface area contributed by atoms with Gasteiger partial charge in [0.25, 0.3) is 5.56 Å². The quantitative estimate of drug-likeness (QED) is 0.426. The number of nitrogens with one attached hydrogen (secondary N) is 3. The Hall–Kier alpha value is -4.17. The number of hydrogen-bond donors (Lipinski definition) is 3. The molecule has 34 heavy (non-hydrogen) atoms. The van der Waals surface area contributed by atoms with Gasteiger partial charge in [0.15, 0.2) is 0 Å². The molecule has 0 saturated carbocycles. The predicted octanol–water partition coefficient (Wildman–Crippen LogP) is 3.72. The summed E-state index contributed by atoms with van der Waals surface area (Å²) >= 11 is 0. The average molecular weight is 455 g/mol. The fourth-order valence-corrected chi connectivity index (χ4v) is 4.37. The Morgan fingerprint density at radius 3 is 2.44 bits per heavy atom. The second kappa shape index (κ2) is 9.36. The highest BCUT2D eigenvalue weighted by molar-refractivity contribution is 5.95. The molecule has 1 fully saturated rings. The normalized spacial score (nSPS) is 17.4. The Morgan fingerprint density at radius 1 is 0.971 bits per heavy atom. The number of nitrogens with zero attached hydrogens (tertiary/aromatic N) is 2. The Labute approximate surface area is 195 Å². The van der Waals surface area contributed by atoms with Gasteiger partial charge in [0.2, 0.25) is 11.9 Å². The summed E-state index contributed by atoms with van der Waals surface area (Å²) in [5.41, 5.74) is 2.46. The number of pyridine rings is 1. The predicted molar refractivity (Wildman–Crippen MR) is 128 cm³/mol. The largest absolute Gasteiger partial charge is 0.305 e. The van der Waals surface area contributed by atoms with E-state index in [0.29, 0.717) is 23.4 Å². The van der Waals surface area contributed by atoms with Gasteiger partial charge in [0.1, 0.15) is 5.82 Å². The highest BCUT2D eigenvalue weighted by Gasteiger charge is 2.34. The van der Waals surface area contributed by atoms with E-state index in [9.17, 15) is 14.0 Å². The van der Waals surface area contributed by atoms with Crippen molar-refractivity contribution in [1.82, 2.24) is 20.3 Å². The van der Waals surface area contributed by atoms with Gasteiger partial charge in [-0.15, -0.1) is 0 Å². The van der Waals surface area contributed by atoms with E-state index >= 15 is 0 Å². The van der Waals surface area contributed by atoms with Crippen molar-refractivity contribution in [3.63, 3.8) is 0 Å². The summed E-state index contributed by atoms with van der Waals surface area (Å²) in [7, 11) is 0. The molecule has 3 N–H and O–H groups in total. The Bertz CT molecular complexity index is 1360. The van der Waals surface area contributed by atoms with Gasteiger partial charge in [0.05, 0.1) is 17.3 Å². The first kappa shape index (κ1) is 21.7. The molecule has 0 spiro atoms. The van der Waals surface area contributed by atoms with Crippen LogP contribution in [0.5, 0.6) is 0 Å². The molecule has 170 valence electrons. The molecule has 1 aliphatic heterocycles. The molecule has 1 amide bonds. The van der Waals surface area contributed by atoms with Gasteiger partial charge in [-0.25, -0.2) is 9.37 Å². The van der Waals surface area contributed by atoms with Crippen LogP contribution in [0.3, 0.4) is 0 Å². The summed E-state index contributed by atoms with van der Waals surface area (Å²) in [6.07, 6.45) is 4.02. The van der Waals surface area contributed by atoms with Crippen molar-refractivity contribution in [3.05, 3.63) is 101 Å². The van der Waals surface area contributed by atoms with Gasteiger partial charge in [-0.05, 0) is 48.4 Å². The molecule has 5 rings (SSSR count). The van der Waals surface area contributed by atoms with Crippen molar-refractivity contribution in [2.24, 2.45) is 0 Å². The number of benzene rings is 2. The maximum absolute atomic E-state index is 13.5. The van der Waals surface area contributed by atoms with Crippen LogP contribution in [0.4, 0.5) is 10.3 Å². The molecule has 0 aliphatic carbocycles. The monoisotopic (exact) mass is 455 g/mol. The van der Waals surface area contributed by atoms with Gasteiger partial charge in [0, 0.05) is 23.9 Å².